The highest BCUT2D eigenvalue weighted by molar-refractivity contribution is 7.85. The summed E-state index contributed by atoms with van der Waals surface area (Å²) in [5, 5.41) is 0. The van der Waals surface area contributed by atoms with Crippen LogP contribution < -0.4 is 0 Å². The van der Waals surface area contributed by atoms with Gasteiger partial charge in [0.1, 0.15) is 0 Å². The Balaban J connectivity index is 2.42. The van der Waals surface area contributed by atoms with E-state index < -0.39 is 10.1 Å². The smallest absolute Gasteiger partial charge is 0.0974 e. The van der Waals surface area contributed by atoms with Crippen molar-refractivity contribution in [2.24, 2.45) is 0 Å². The maximum absolute atomic E-state index is 11.0. The lowest BCUT2D eigenvalue weighted by atomic mass is 10.0. The zero-order valence-corrected chi connectivity index (χ0v) is 27.2. The Morgan fingerprint density at radius 1 is 0.725 bits per heavy atom. The summed E-state index contributed by atoms with van der Waals surface area (Å²) in [6.07, 6.45) is 22.9. The quantitative estimate of drug-likeness (QED) is 0.0567. The van der Waals surface area contributed by atoms with E-state index in [-0.39, 0.29) is 5.75 Å². The van der Waals surface area contributed by atoms with Crippen molar-refractivity contribution in [1.82, 2.24) is 0 Å². The molecule has 1 atom stereocenters. The minimum atomic E-state index is -4.12. The summed E-state index contributed by atoms with van der Waals surface area (Å²) >= 11 is 0. The SMILES string of the molecule is CC(C)=CCC/C(C)=C/CC/C(C)=C/C[N+](C)(CCCCCCCCCc1ccccc1)CCCCS(=O)(=O)[O-]. The molecule has 0 aliphatic heterocycles. The summed E-state index contributed by atoms with van der Waals surface area (Å²) in [4.78, 5) is 0. The first kappa shape index (κ1) is 36.3. The van der Waals surface area contributed by atoms with Gasteiger partial charge in [-0.2, -0.15) is 0 Å². The fourth-order valence-electron chi connectivity index (χ4n) is 5.13. The van der Waals surface area contributed by atoms with Gasteiger partial charge in [0, 0.05) is 5.75 Å². The van der Waals surface area contributed by atoms with Crippen molar-refractivity contribution in [3.63, 3.8) is 0 Å². The molecule has 40 heavy (non-hydrogen) atoms. The minimum absolute atomic E-state index is 0.245. The number of nitrogens with zero attached hydrogens (tertiary/aromatic N) is 1. The molecule has 0 saturated carbocycles. The lowest BCUT2D eigenvalue weighted by Crippen LogP contribution is -2.45. The average Bonchev–Trinajstić information content (AvgIpc) is 2.89. The highest BCUT2D eigenvalue weighted by Gasteiger charge is 2.19. The number of benzene rings is 1. The molecule has 1 aromatic rings. The van der Waals surface area contributed by atoms with E-state index in [1.165, 1.54) is 73.6 Å². The second-order valence-electron chi connectivity index (χ2n) is 12.4. The third-order valence-electron chi connectivity index (χ3n) is 7.85. The van der Waals surface area contributed by atoms with Gasteiger partial charge in [-0.05, 0) is 104 Å². The zero-order chi connectivity index (χ0) is 29.7. The van der Waals surface area contributed by atoms with Crippen LogP contribution in [0.4, 0.5) is 0 Å². The van der Waals surface area contributed by atoms with E-state index in [4.69, 9.17) is 0 Å². The Hall–Kier alpha value is -1.69. The van der Waals surface area contributed by atoms with Gasteiger partial charge in [0.15, 0.2) is 0 Å². The van der Waals surface area contributed by atoms with Crippen molar-refractivity contribution in [2.75, 3.05) is 32.4 Å². The predicted octanol–water partition coefficient (Wildman–Crippen LogP) is 9.15. The molecule has 0 N–H and O–H groups in total. The van der Waals surface area contributed by atoms with Crippen LogP contribution >= 0.6 is 0 Å². The molecule has 0 bridgehead atoms. The molecule has 0 radical (unpaired) electrons. The van der Waals surface area contributed by atoms with Gasteiger partial charge in [0.25, 0.3) is 0 Å². The Labute approximate surface area is 248 Å². The van der Waals surface area contributed by atoms with E-state index in [1.807, 2.05) is 0 Å². The molecule has 0 fully saturated rings. The highest BCUT2D eigenvalue weighted by Crippen LogP contribution is 2.16. The summed E-state index contributed by atoms with van der Waals surface area (Å²) in [5.41, 5.74) is 5.72. The Morgan fingerprint density at radius 3 is 1.85 bits per heavy atom. The molecule has 1 aromatic carbocycles. The fraction of sp³-hybridized carbons (Fsp3) is 0.657. The van der Waals surface area contributed by atoms with Gasteiger partial charge in [-0.3, -0.25) is 0 Å². The van der Waals surface area contributed by atoms with Crippen LogP contribution in [-0.4, -0.2) is 49.9 Å². The van der Waals surface area contributed by atoms with Gasteiger partial charge < -0.3 is 9.04 Å². The van der Waals surface area contributed by atoms with Gasteiger partial charge in [0.2, 0.25) is 0 Å². The molecule has 0 saturated heterocycles. The lowest BCUT2D eigenvalue weighted by Gasteiger charge is -2.34. The molecular formula is C35H59NO3S. The van der Waals surface area contributed by atoms with E-state index in [1.54, 1.807) is 0 Å². The van der Waals surface area contributed by atoms with Gasteiger partial charge in [0.05, 0.1) is 36.8 Å². The normalized spacial score (nSPS) is 14.2. The Morgan fingerprint density at radius 2 is 1.25 bits per heavy atom. The van der Waals surface area contributed by atoms with Crippen LogP contribution in [0.25, 0.3) is 0 Å². The van der Waals surface area contributed by atoms with Crippen LogP contribution in [0.5, 0.6) is 0 Å². The van der Waals surface area contributed by atoms with Crippen molar-refractivity contribution in [1.29, 1.82) is 0 Å². The molecule has 1 unspecified atom stereocenters. The number of likely N-dealkylation sites (N-methyl/N-ethyl adjacent to an activating group) is 1. The van der Waals surface area contributed by atoms with Gasteiger partial charge in [-0.1, -0.05) is 84.9 Å². The second kappa shape index (κ2) is 21.1. The molecular weight excluding hydrogens is 514 g/mol. The van der Waals surface area contributed by atoms with Crippen molar-refractivity contribution >= 4 is 10.1 Å². The molecule has 0 heterocycles. The summed E-state index contributed by atoms with van der Waals surface area (Å²) < 4.78 is 34.0. The van der Waals surface area contributed by atoms with E-state index in [9.17, 15) is 13.0 Å². The molecule has 5 heteroatoms. The first-order chi connectivity index (χ1) is 19.0. The number of hydrogen-bond acceptors (Lipinski definition) is 3. The monoisotopic (exact) mass is 573 g/mol. The summed E-state index contributed by atoms with van der Waals surface area (Å²) in [6, 6.07) is 10.8. The van der Waals surface area contributed by atoms with Crippen molar-refractivity contribution in [2.45, 2.75) is 118 Å². The molecule has 0 aliphatic rings. The number of hydrogen-bond donors (Lipinski definition) is 0. The summed E-state index contributed by atoms with van der Waals surface area (Å²) in [7, 11) is -1.82. The molecule has 0 amide bonds. The minimum Gasteiger partial charge on any atom is -0.748 e. The van der Waals surface area contributed by atoms with Gasteiger partial charge in [-0.25, -0.2) is 8.42 Å². The van der Waals surface area contributed by atoms with E-state index in [0.29, 0.717) is 6.42 Å². The fourth-order valence-corrected chi connectivity index (χ4v) is 5.69. The topological polar surface area (TPSA) is 57.2 Å². The summed E-state index contributed by atoms with van der Waals surface area (Å²) in [6.45, 7) is 11.8. The average molecular weight is 574 g/mol. The molecule has 0 spiro atoms. The first-order valence-corrected chi connectivity index (χ1v) is 17.3. The number of allylic oxidation sites excluding steroid dienone is 5. The van der Waals surface area contributed by atoms with Crippen LogP contribution in [0.3, 0.4) is 0 Å². The molecule has 228 valence electrons. The lowest BCUT2D eigenvalue weighted by molar-refractivity contribution is -0.904. The number of unbranched alkanes of at least 4 members (excludes halogenated alkanes) is 7. The van der Waals surface area contributed by atoms with Crippen molar-refractivity contribution < 1.29 is 17.5 Å². The third-order valence-corrected chi connectivity index (χ3v) is 8.64. The van der Waals surface area contributed by atoms with Crippen LogP contribution in [0.15, 0.2) is 65.3 Å². The number of quaternary nitrogens is 1. The standard InChI is InChI=1S/C35H59NO3S/c1-32(2)20-18-21-33(3)22-19-23-34(4)27-30-36(5,29-16-17-31-40(37,38)39)28-15-10-8-6-7-9-12-24-35-25-13-11-14-26-35/h11,13-14,20,22,25-27H,6-10,12,15-19,21,23-24,28-31H2,1-5H3/b33-22+,34-27+. The van der Waals surface area contributed by atoms with E-state index in [0.717, 1.165) is 56.2 Å². The third kappa shape index (κ3) is 21.1. The molecule has 0 aromatic heterocycles. The van der Waals surface area contributed by atoms with Crippen LogP contribution in [0, 0.1) is 0 Å². The van der Waals surface area contributed by atoms with Crippen LogP contribution in [0.1, 0.15) is 117 Å². The molecule has 4 nitrogen and oxygen atoms in total. The first-order valence-electron chi connectivity index (χ1n) is 15.7. The Kier molecular flexibility index (Phi) is 19.1. The largest absolute Gasteiger partial charge is 0.748 e. The maximum atomic E-state index is 11.0. The van der Waals surface area contributed by atoms with Crippen molar-refractivity contribution in [3.8, 4) is 0 Å². The number of rotatable bonds is 23. The van der Waals surface area contributed by atoms with E-state index in [2.05, 4.69) is 83.3 Å². The van der Waals surface area contributed by atoms with Crippen molar-refractivity contribution in [3.05, 3.63) is 70.8 Å². The van der Waals surface area contributed by atoms with Crippen LogP contribution in [0.2, 0.25) is 0 Å². The molecule has 0 aliphatic carbocycles. The molecule has 1 rings (SSSR count). The maximum Gasteiger partial charge on any atom is 0.0974 e. The highest BCUT2D eigenvalue weighted by atomic mass is 32.2. The van der Waals surface area contributed by atoms with Gasteiger partial charge in [-0.15, -0.1) is 0 Å². The van der Waals surface area contributed by atoms with Gasteiger partial charge >= 0.3 is 0 Å². The number of aryl methyl sites for hydroxylation is 1. The predicted molar refractivity (Wildman–Crippen MR) is 172 cm³/mol. The Bertz CT molecular complexity index is 991. The second-order valence-corrected chi connectivity index (χ2v) is 13.9. The van der Waals surface area contributed by atoms with E-state index >= 15 is 0 Å². The van der Waals surface area contributed by atoms with Crippen LogP contribution in [-0.2, 0) is 16.5 Å². The zero-order valence-electron chi connectivity index (χ0n) is 26.4. The summed E-state index contributed by atoms with van der Waals surface area (Å²) in [5.74, 6) is -0.245.